The summed E-state index contributed by atoms with van der Waals surface area (Å²) in [4.78, 5) is 47.0. The Kier molecular flexibility index (Phi) is 10.5. The molecule has 7 N–H and O–H groups in total. The van der Waals surface area contributed by atoms with Crippen molar-refractivity contribution in [1.29, 1.82) is 0 Å². The van der Waals surface area contributed by atoms with Gasteiger partial charge in [0.2, 0.25) is 17.7 Å². The highest BCUT2D eigenvalue weighted by Gasteiger charge is 2.32. The van der Waals surface area contributed by atoms with E-state index in [0.717, 1.165) is 0 Å². The van der Waals surface area contributed by atoms with Crippen LogP contribution in [-0.2, 0) is 19.2 Å². The maximum absolute atomic E-state index is 12.6. The molecule has 0 saturated heterocycles. The predicted octanol–water partition coefficient (Wildman–Crippen LogP) is -0.274. The van der Waals surface area contributed by atoms with Gasteiger partial charge in [0.05, 0.1) is 6.04 Å². The van der Waals surface area contributed by atoms with E-state index in [0.29, 0.717) is 12.8 Å². The van der Waals surface area contributed by atoms with Gasteiger partial charge < -0.3 is 27.2 Å². The molecule has 0 aliphatic heterocycles. The van der Waals surface area contributed by atoms with Gasteiger partial charge in [0.15, 0.2) is 0 Å². The number of aliphatic carboxylic acids is 1. The minimum atomic E-state index is -1.12. The molecule has 150 valence electrons. The van der Waals surface area contributed by atoms with Crippen molar-refractivity contribution in [1.82, 2.24) is 10.6 Å². The summed E-state index contributed by atoms with van der Waals surface area (Å²) in [5.74, 6) is -3.33. The molecule has 9 nitrogen and oxygen atoms in total. The summed E-state index contributed by atoms with van der Waals surface area (Å²) < 4.78 is 0. The van der Waals surface area contributed by atoms with Crippen LogP contribution in [-0.4, -0.2) is 46.9 Å². The zero-order valence-electron chi connectivity index (χ0n) is 16.0. The molecule has 0 aliphatic rings. The van der Waals surface area contributed by atoms with Crippen LogP contribution in [0.15, 0.2) is 0 Å². The highest BCUT2D eigenvalue weighted by atomic mass is 16.4. The zero-order chi connectivity index (χ0) is 20.4. The number of carboxylic acid groups (broad SMARTS) is 1. The number of nitrogens with one attached hydrogen (secondary N) is 2. The lowest BCUT2D eigenvalue weighted by Gasteiger charge is -2.28. The average molecular weight is 372 g/mol. The quantitative estimate of drug-likeness (QED) is 0.316. The highest BCUT2D eigenvalue weighted by Crippen LogP contribution is 2.12. The summed E-state index contributed by atoms with van der Waals surface area (Å²) in [6, 6.07) is -2.94. The number of rotatable bonds is 12. The molecular formula is C17H32N4O5. The molecule has 0 radical (unpaired) electrons. The van der Waals surface area contributed by atoms with E-state index in [4.69, 9.17) is 11.5 Å². The molecule has 0 spiro atoms. The number of primary amides is 1. The zero-order valence-corrected chi connectivity index (χ0v) is 16.0. The lowest BCUT2D eigenvalue weighted by Crippen LogP contribution is -2.57. The first-order valence-corrected chi connectivity index (χ1v) is 8.92. The Labute approximate surface area is 154 Å². The van der Waals surface area contributed by atoms with Crippen LogP contribution in [0, 0.1) is 11.8 Å². The van der Waals surface area contributed by atoms with Gasteiger partial charge in [-0.15, -0.1) is 0 Å². The smallest absolute Gasteiger partial charge is 0.326 e. The van der Waals surface area contributed by atoms with Crippen molar-refractivity contribution in [3.05, 3.63) is 0 Å². The molecular weight excluding hydrogens is 340 g/mol. The van der Waals surface area contributed by atoms with Crippen LogP contribution in [0.25, 0.3) is 0 Å². The van der Waals surface area contributed by atoms with Gasteiger partial charge in [-0.05, 0) is 18.3 Å². The number of amides is 3. The Bertz CT molecular complexity index is 511. The first-order chi connectivity index (χ1) is 12.0. The second-order valence-electron chi connectivity index (χ2n) is 6.69. The summed E-state index contributed by atoms with van der Waals surface area (Å²) in [7, 11) is 0. The molecule has 26 heavy (non-hydrogen) atoms. The minimum Gasteiger partial charge on any atom is -0.480 e. The van der Waals surface area contributed by atoms with Crippen molar-refractivity contribution >= 4 is 23.7 Å². The SMILES string of the molecule is CC[C@H](C)[C@H](NC(=O)[C@@H](NC(=O)[C@@H](N)CCC(N)=O)[C@@H](C)CC)C(=O)O. The van der Waals surface area contributed by atoms with Gasteiger partial charge >= 0.3 is 5.97 Å². The van der Waals surface area contributed by atoms with Gasteiger partial charge in [0, 0.05) is 6.42 Å². The topological polar surface area (TPSA) is 165 Å². The third-order valence-corrected chi connectivity index (χ3v) is 4.61. The van der Waals surface area contributed by atoms with Crippen molar-refractivity contribution in [2.45, 2.75) is 71.5 Å². The van der Waals surface area contributed by atoms with Crippen LogP contribution >= 0.6 is 0 Å². The summed E-state index contributed by atoms with van der Waals surface area (Å²) in [6.45, 7) is 7.19. The molecule has 5 atom stereocenters. The number of carbonyl (C=O) groups is 4. The molecule has 0 aromatic rings. The molecule has 0 aromatic heterocycles. The van der Waals surface area contributed by atoms with Gasteiger partial charge in [-0.25, -0.2) is 4.79 Å². The van der Waals surface area contributed by atoms with Crippen molar-refractivity contribution < 1.29 is 24.3 Å². The number of carboxylic acids is 1. The van der Waals surface area contributed by atoms with E-state index >= 15 is 0 Å². The van der Waals surface area contributed by atoms with E-state index < -0.39 is 41.8 Å². The van der Waals surface area contributed by atoms with Crippen molar-refractivity contribution in [2.75, 3.05) is 0 Å². The van der Waals surface area contributed by atoms with Gasteiger partial charge in [-0.3, -0.25) is 14.4 Å². The van der Waals surface area contributed by atoms with E-state index in [9.17, 15) is 24.3 Å². The number of carbonyl (C=O) groups excluding carboxylic acids is 3. The predicted molar refractivity (Wildman–Crippen MR) is 96.8 cm³/mol. The van der Waals surface area contributed by atoms with E-state index in [-0.39, 0.29) is 24.7 Å². The summed E-state index contributed by atoms with van der Waals surface area (Å²) in [5.41, 5.74) is 10.8. The lowest BCUT2D eigenvalue weighted by atomic mass is 9.95. The fourth-order valence-electron chi connectivity index (χ4n) is 2.32. The largest absolute Gasteiger partial charge is 0.480 e. The van der Waals surface area contributed by atoms with E-state index in [1.807, 2.05) is 13.8 Å². The maximum Gasteiger partial charge on any atom is 0.326 e. The van der Waals surface area contributed by atoms with Crippen LogP contribution in [0.2, 0.25) is 0 Å². The molecule has 3 amide bonds. The number of nitrogens with two attached hydrogens (primary N) is 2. The molecule has 0 aromatic carbocycles. The average Bonchev–Trinajstić information content (AvgIpc) is 2.59. The summed E-state index contributed by atoms with van der Waals surface area (Å²) in [5, 5.41) is 14.4. The van der Waals surface area contributed by atoms with E-state index in [2.05, 4.69) is 10.6 Å². The number of hydrogen-bond acceptors (Lipinski definition) is 5. The van der Waals surface area contributed by atoms with Crippen LogP contribution < -0.4 is 22.1 Å². The molecule has 0 rings (SSSR count). The van der Waals surface area contributed by atoms with Crippen LogP contribution in [0.5, 0.6) is 0 Å². The summed E-state index contributed by atoms with van der Waals surface area (Å²) >= 11 is 0. The Morgan fingerprint density at radius 3 is 1.81 bits per heavy atom. The molecule has 0 fully saturated rings. The van der Waals surface area contributed by atoms with Gasteiger partial charge in [0.1, 0.15) is 12.1 Å². The van der Waals surface area contributed by atoms with Crippen LogP contribution in [0.1, 0.15) is 53.4 Å². The van der Waals surface area contributed by atoms with Crippen molar-refractivity contribution in [3.63, 3.8) is 0 Å². The molecule has 9 heteroatoms. The first kappa shape index (κ1) is 23.8. The third kappa shape index (κ3) is 7.81. The fourth-order valence-corrected chi connectivity index (χ4v) is 2.32. The standard InChI is InChI=1S/C17H32N4O5/c1-5-9(3)13(20-15(23)11(18)7-8-12(19)22)16(24)21-14(17(25)26)10(4)6-2/h9-11,13-14H,5-8,18H2,1-4H3,(H2,19,22)(H,20,23)(H,21,24)(H,25,26)/t9-,10-,11-,13-,14-/m0/s1. The second kappa shape index (κ2) is 11.5. The monoisotopic (exact) mass is 372 g/mol. The highest BCUT2D eigenvalue weighted by molar-refractivity contribution is 5.92. The van der Waals surface area contributed by atoms with Gasteiger partial charge in [-0.2, -0.15) is 0 Å². The van der Waals surface area contributed by atoms with Crippen molar-refractivity contribution in [3.8, 4) is 0 Å². The minimum absolute atomic E-state index is 0.0378. The maximum atomic E-state index is 12.6. The fraction of sp³-hybridized carbons (Fsp3) is 0.765. The third-order valence-electron chi connectivity index (χ3n) is 4.61. The Morgan fingerprint density at radius 2 is 1.38 bits per heavy atom. The first-order valence-electron chi connectivity index (χ1n) is 8.92. The Balaban J connectivity index is 5.12. The van der Waals surface area contributed by atoms with Gasteiger partial charge in [-0.1, -0.05) is 40.5 Å². The summed E-state index contributed by atoms with van der Waals surface area (Å²) in [6.07, 6.45) is 1.20. The van der Waals surface area contributed by atoms with Gasteiger partial charge in [0.25, 0.3) is 0 Å². The Morgan fingerprint density at radius 1 is 0.923 bits per heavy atom. The van der Waals surface area contributed by atoms with Crippen molar-refractivity contribution in [2.24, 2.45) is 23.3 Å². The Hall–Kier alpha value is -2.16. The van der Waals surface area contributed by atoms with Crippen LogP contribution in [0.4, 0.5) is 0 Å². The molecule has 0 heterocycles. The molecule has 0 unspecified atom stereocenters. The number of hydrogen-bond donors (Lipinski definition) is 5. The second-order valence-corrected chi connectivity index (χ2v) is 6.69. The lowest BCUT2D eigenvalue weighted by molar-refractivity contribution is -0.144. The molecule has 0 aliphatic carbocycles. The normalized spacial score (nSPS) is 16.7. The molecule has 0 bridgehead atoms. The van der Waals surface area contributed by atoms with Crippen LogP contribution in [0.3, 0.4) is 0 Å². The molecule has 0 saturated carbocycles. The van der Waals surface area contributed by atoms with E-state index in [1.54, 1.807) is 13.8 Å². The van der Waals surface area contributed by atoms with E-state index in [1.165, 1.54) is 0 Å².